The Bertz CT molecular complexity index is 901. The van der Waals surface area contributed by atoms with Crippen LogP contribution in [0.25, 0.3) is 0 Å². The molecule has 134 valence electrons. The van der Waals surface area contributed by atoms with E-state index in [9.17, 15) is 4.79 Å². The first-order valence-electron chi connectivity index (χ1n) is 7.80. The molecule has 0 fully saturated rings. The molecule has 0 bridgehead atoms. The van der Waals surface area contributed by atoms with E-state index in [1.807, 2.05) is 12.1 Å². The van der Waals surface area contributed by atoms with Crippen LogP contribution >= 0.6 is 34.7 Å². The highest BCUT2D eigenvalue weighted by Gasteiger charge is 2.11. The highest BCUT2D eigenvalue weighted by atomic mass is 35.5. The number of nitrogens with one attached hydrogen (secondary N) is 1. The molecular formula is C18H16ClN3O2S2. The van der Waals surface area contributed by atoms with E-state index in [1.54, 1.807) is 36.0 Å². The van der Waals surface area contributed by atoms with E-state index in [0.29, 0.717) is 15.9 Å². The zero-order valence-electron chi connectivity index (χ0n) is 13.9. The number of amides is 1. The SMILES string of the molecule is Cc1ccccc1CSc1nnc(NC(=O)COc2ccccc2Cl)s1. The molecule has 1 aromatic heterocycles. The Morgan fingerprint density at radius 1 is 1.19 bits per heavy atom. The van der Waals surface area contributed by atoms with Crippen LogP contribution in [0.4, 0.5) is 5.13 Å². The van der Waals surface area contributed by atoms with Gasteiger partial charge < -0.3 is 4.74 Å². The minimum atomic E-state index is -0.309. The Balaban J connectivity index is 1.49. The molecular weight excluding hydrogens is 390 g/mol. The van der Waals surface area contributed by atoms with Crippen LogP contribution in [0.5, 0.6) is 5.75 Å². The highest BCUT2D eigenvalue weighted by molar-refractivity contribution is 8.00. The maximum atomic E-state index is 12.0. The third-order valence-corrected chi connectivity index (χ3v) is 5.79. The Morgan fingerprint density at radius 3 is 2.77 bits per heavy atom. The number of anilines is 1. The summed E-state index contributed by atoms with van der Waals surface area (Å²) in [4.78, 5) is 12.0. The van der Waals surface area contributed by atoms with Crippen LogP contribution in [0, 0.1) is 6.92 Å². The van der Waals surface area contributed by atoms with Crippen LogP contribution in [0.15, 0.2) is 52.9 Å². The summed E-state index contributed by atoms with van der Waals surface area (Å²) in [5.74, 6) is 0.970. The summed E-state index contributed by atoms with van der Waals surface area (Å²) in [5, 5.41) is 11.7. The molecule has 26 heavy (non-hydrogen) atoms. The number of thioether (sulfide) groups is 1. The van der Waals surface area contributed by atoms with Gasteiger partial charge >= 0.3 is 0 Å². The molecule has 3 rings (SSSR count). The standard InChI is InChI=1S/C18H16ClN3O2S2/c1-12-6-2-3-7-13(12)11-25-18-22-21-17(26-18)20-16(23)10-24-15-9-5-4-8-14(15)19/h2-9H,10-11H2,1H3,(H,20,21,23). The van der Waals surface area contributed by atoms with E-state index in [0.717, 1.165) is 10.1 Å². The number of hydrogen-bond donors (Lipinski definition) is 1. The van der Waals surface area contributed by atoms with Crippen LogP contribution in [0.1, 0.15) is 11.1 Å². The number of ether oxygens (including phenoxy) is 1. The molecule has 0 unspecified atom stereocenters. The van der Waals surface area contributed by atoms with E-state index in [-0.39, 0.29) is 12.5 Å². The maximum absolute atomic E-state index is 12.0. The van der Waals surface area contributed by atoms with Crippen molar-refractivity contribution in [3.8, 4) is 5.75 Å². The van der Waals surface area contributed by atoms with Crippen molar-refractivity contribution in [2.75, 3.05) is 11.9 Å². The van der Waals surface area contributed by atoms with Crippen LogP contribution in [-0.4, -0.2) is 22.7 Å². The zero-order valence-corrected chi connectivity index (χ0v) is 16.3. The van der Waals surface area contributed by atoms with Crippen molar-refractivity contribution in [3.63, 3.8) is 0 Å². The first kappa shape index (κ1) is 18.7. The van der Waals surface area contributed by atoms with Gasteiger partial charge in [-0.25, -0.2) is 0 Å². The van der Waals surface area contributed by atoms with Gasteiger partial charge in [0.15, 0.2) is 10.9 Å². The number of aromatic nitrogens is 2. The van der Waals surface area contributed by atoms with Crippen molar-refractivity contribution >= 4 is 45.7 Å². The topological polar surface area (TPSA) is 64.1 Å². The van der Waals surface area contributed by atoms with Crippen LogP contribution < -0.4 is 10.1 Å². The first-order chi connectivity index (χ1) is 12.6. The van der Waals surface area contributed by atoms with Gasteiger partial charge in [-0.1, -0.05) is 71.1 Å². The number of rotatable bonds is 7. The Labute approximate surface area is 164 Å². The Hall–Kier alpha value is -2.09. The molecule has 0 aliphatic carbocycles. The van der Waals surface area contributed by atoms with Crippen LogP contribution in [0.2, 0.25) is 5.02 Å². The number of halogens is 1. The lowest BCUT2D eigenvalue weighted by Crippen LogP contribution is -2.20. The summed E-state index contributed by atoms with van der Waals surface area (Å²) in [6.45, 7) is 1.94. The fraction of sp³-hybridized carbons (Fsp3) is 0.167. The first-order valence-corrected chi connectivity index (χ1v) is 9.98. The summed E-state index contributed by atoms with van der Waals surface area (Å²) in [5.41, 5.74) is 2.50. The molecule has 5 nitrogen and oxygen atoms in total. The number of carbonyl (C=O) groups is 1. The smallest absolute Gasteiger partial charge is 0.264 e. The molecule has 3 aromatic rings. The molecule has 0 saturated carbocycles. The quantitative estimate of drug-likeness (QED) is 0.451. The third-order valence-electron chi connectivity index (χ3n) is 3.46. The maximum Gasteiger partial charge on any atom is 0.264 e. The Morgan fingerprint density at radius 2 is 1.96 bits per heavy atom. The van der Waals surface area contributed by atoms with Crippen molar-refractivity contribution < 1.29 is 9.53 Å². The molecule has 0 atom stereocenters. The predicted molar refractivity (Wildman–Crippen MR) is 106 cm³/mol. The van der Waals surface area contributed by atoms with Gasteiger partial charge in [-0.15, -0.1) is 10.2 Å². The highest BCUT2D eigenvalue weighted by Crippen LogP contribution is 2.29. The predicted octanol–water partition coefficient (Wildman–Crippen LogP) is 4.81. The van der Waals surface area contributed by atoms with Gasteiger partial charge in [-0.2, -0.15) is 0 Å². The molecule has 8 heteroatoms. The summed E-state index contributed by atoms with van der Waals surface area (Å²) in [6.07, 6.45) is 0. The molecule has 0 saturated heterocycles. The molecule has 0 radical (unpaired) electrons. The van der Waals surface area contributed by atoms with Gasteiger partial charge in [0.25, 0.3) is 5.91 Å². The van der Waals surface area contributed by atoms with Gasteiger partial charge in [0.2, 0.25) is 5.13 Å². The fourth-order valence-corrected chi connectivity index (χ4v) is 4.13. The van der Waals surface area contributed by atoms with Gasteiger partial charge in [-0.05, 0) is 30.2 Å². The number of aryl methyl sites for hydroxylation is 1. The summed E-state index contributed by atoms with van der Waals surface area (Å²) in [7, 11) is 0. The number of nitrogens with zero attached hydrogens (tertiary/aromatic N) is 2. The van der Waals surface area contributed by atoms with Crippen molar-refractivity contribution in [2.45, 2.75) is 17.0 Å². The second-order valence-electron chi connectivity index (χ2n) is 5.36. The normalized spacial score (nSPS) is 10.5. The monoisotopic (exact) mass is 405 g/mol. The van der Waals surface area contributed by atoms with Gasteiger partial charge in [0.1, 0.15) is 5.75 Å². The summed E-state index contributed by atoms with van der Waals surface area (Å²) in [6, 6.07) is 15.2. The third kappa shape index (κ3) is 5.20. The van der Waals surface area contributed by atoms with E-state index in [2.05, 4.69) is 34.6 Å². The Kier molecular flexibility index (Phi) is 6.49. The summed E-state index contributed by atoms with van der Waals surface area (Å²) < 4.78 is 6.20. The fourth-order valence-electron chi connectivity index (χ4n) is 2.09. The van der Waals surface area contributed by atoms with Crippen molar-refractivity contribution in [2.24, 2.45) is 0 Å². The van der Waals surface area contributed by atoms with Gasteiger partial charge in [0, 0.05) is 5.75 Å². The minimum absolute atomic E-state index is 0.144. The van der Waals surface area contributed by atoms with E-state index >= 15 is 0 Å². The average molecular weight is 406 g/mol. The van der Waals surface area contributed by atoms with Crippen molar-refractivity contribution in [1.82, 2.24) is 10.2 Å². The molecule has 0 spiro atoms. The van der Waals surface area contributed by atoms with E-state index < -0.39 is 0 Å². The molecule has 1 heterocycles. The van der Waals surface area contributed by atoms with Crippen LogP contribution in [-0.2, 0) is 10.5 Å². The lowest BCUT2D eigenvalue weighted by Gasteiger charge is -2.06. The van der Waals surface area contributed by atoms with Gasteiger partial charge in [-0.3, -0.25) is 10.1 Å². The van der Waals surface area contributed by atoms with Gasteiger partial charge in [0.05, 0.1) is 5.02 Å². The lowest BCUT2D eigenvalue weighted by atomic mass is 10.1. The minimum Gasteiger partial charge on any atom is -0.482 e. The average Bonchev–Trinajstić information content (AvgIpc) is 3.08. The van der Waals surface area contributed by atoms with Crippen molar-refractivity contribution in [1.29, 1.82) is 0 Å². The number of para-hydroxylation sites is 1. The lowest BCUT2D eigenvalue weighted by molar-refractivity contribution is -0.118. The molecule has 0 aliphatic rings. The van der Waals surface area contributed by atoms with Crippen molar-refractivity contribution in [3.05, 3.63) is 64.7 Å². The largest absolute Gasteiger partial charge is 0.482 e. The molecule has 1 N–H and O–H groups in total. The summed E-state index contributed by atoms with van der Waals surface area (Å²) >= 11 is 8.92. The second kappa shape index (κ2) is 9.02. The number of benzene rings is 2. The zero-order chi connectivity index (χ0) is 18.4. The van der Waals surface area contributed by atoms with E-state index in [4.69, 9.17) is 16.3 Å². The molecule has 0 aliphatic heterocycles. The second-order valence-corrected chi connectivity index (χ2v) is 7.96. The van der Waals surface area contributed by atoms with E-state index in [1.165, 1.54) is 22.5 Å². The number of carbonyl (C=O) groups excluding carboxylic acids is 1. The molecule has 2 aromatic carbocycles. The molecule has 1 amide bonds. The van der Waals surface area contributed by atoms with Crippen LogP contribution in [0.3, 0.4) is 0 Å². The number of hydrogen-bond acceptors (Lipinski definition) is 6.